The van der Waals surface area contributed by atoms with E-state index < -0.39 is 0 Å². The highest BCUT2D eigenvalue weighted by Crippen LogP contribution is 1.34. The molecule has 4 heavy (non-hydrogen) atoms. The molecule has 0 aliphatic heterocycles. The maximum atomic E-state index is 6.49. The van der Waals surface area contributed by atoms with Gasteiger partial charge in [0.25, 0.3) is 0 Å². The largest absolute Gasteiger partial charge is 0.320 e. The van der Waals surface area contributed by atoms with Crippen LogP contribution >= 0.6 is 0 Å². The summed E-state index contributed by atoms with van der Waals surface area (Å²) in [5.41, 5.74) is 0. The molecule has 0 unspecified atom stereocenters. The Kier molecular flexibility index (Phi) is 1.64. The van der Waals surface area contributed by atoms with Gasteiger partial charge >= 0.3 is 0 Å². The van der Waals surface area contributed by atoms with E-state index in [1.54, 1.807) is 0 Å². The molecule has 0 atom stereocenters. The van der Waals surface area contributed by atoms with E-state index in [2.05, 4.69) is 5.32 Å². The Morgan fingerprint density at radius 1 is 2.25 bits per heavy atom. The van der Waals surface area contributed by atoms with Gasteiger partial charge in [-0.25, -0.2) is 0 Å². The lowest BCUT2D eigenvalue weighted by atomic mass is 10.8. The van der Waals surface area contributed by atoms with Crippen LogP contribution in [0.2, 0.25) is 0 Å². The average Bonchev–Trinajstić information content (AvgIpc) is 1.41. The summed E-state index contributed by atoms with van der Waals surface area (Å²) >= 11 is 0. The van der Waals surface area contributed by atoms with E-state index in [1.807, 2.05) is 6.92 Å². The minimum atomic E-state index is 0.344. The van der Waals surface area contributed by atoms with E-state index in [0.717, 1.165) is 6.54 Å². The van der Waals surface area contributed by atoms with Gasteiger partial charge in [0.15, 0.2) is 0 Å². The fourth-order valence-electron chi connectivity index (χ4n) is 0. The van der Waals surface area contributed by atoms with Crippen molar-refractivity contribution in [2.24, 2.45) is 0 Å². The predicted molar refractivity (Wildman–Crippen MR) is 19.6 cm³/mol. The first-order chi connectivity index (χ1) is 2.41. The molecule has 0 aliphatic rings. The van der Waals surface area contributed by atoms with Crippen LogP contribution in [-0.2, 0) is 0 Å². The molecule has 0 fully saturated rings. The van der Waals surface area contributed by atoms with Gasteiger partial charge in [-0.05, 0) is 13.6 Å². The monoisotopic (exact) mass is 60.1 g/mol. The van der Waals surface area contributed by atoms with Crippen molar-refractivity contribution < 1.29 is 1.37 Å². The first kappa shape index (κ1) is 2.21. The molecule has 0 aromatic heterocycles. The second-order valence-corrected chi connectivity index (χ2v) is 0.604. The Balaban J connectivity index is 2.19. The topological polar surface area (TPSA) is 12.0 Å². The van der Waals surface area contributed by atoms with E-state index in [0.29, 0.717) is 7.02 Å². The summed E-state index contributed by atoms with van der Waals surface area (Å²) in [6, 6.07) is 0. The van der Waals surface area contributed by atoms with E-state index in [1.165, 1.54) is 0 Å². The normalized spacial score (nSPS) is 10.8. The Bertz CT molecular complexity index is 14.4. The van der Waals surface area contributed by atoms with Crippen LogP contribution in [0.15, 0.2) is 0 Å². The van der Waals surface area contributed by atoms with Crippen molar-refractivity contribution >= 4 is 0 Å². The fourth-order valence-corrected chi connectivity index (χ4v) is 0. The number of nitrogens with one attached hydrogen (secondary N) is 1. The molecule has 0 heterocycles. The molecule has 0 radical (unpaired) electrons. The van der Waals surface area contributed by atoms with Crippen molar-refractivity contribution in [1.29, 1.82) is 0 Å². The van der Waals surface area contributed by atoms with Crippen LogP contribution in [-0.4, -0.2) is 13.6 Å². The molecule has 0 saturated carbocycles. The molecule has 1 heteroatoms. The minimum absolute atomic E-state index is 0.344. The Labute approximate surface area is 28.4 Å². The lowest BCUT2D eigenvalue weighted by Gasteiger charge is -1.76. The molecule has 0 rings (SSSR count). The van der Waals surface area contributed by atoms with Crippen LogP contribution in [0.1, 0.15) is 8.29 Å². The van der Waals surface area contributed by atoms with Crippen LogP contribution in [0.4, 0.5) is 0 Å². The highest BCUT2D eigenvalue weighted by atomic mass is 14.8. The third-order valence-corrected chi connectivity index (χ3v) is 0.250. The molecule has 0 aromatic carbocycles. The zero-order valence-electron chi connectivity index (χ0n) is 3.91. The smallest absolute Gasteiger partial charge is 0.0391 e. The van der Waals surface area contributed by atoms with Crippen molar-refractivity contribution in [1.82, 2.24) is 5.32 Å². The van der Waals surface area contributed by atoms with Crippen molar-refractivity contribution in [3.63, 3.8) is 0 Å². The number of hydrogen-bond donors (Lipinski definition) is 1. The second kappa shape index (κ2) is 2.96. The van der Waals surface area contributed by atoms with Gasteiger partial charge in [0.1, 0.15) is 0 Å². The fraction of sp³-hybridized carbons (Fsp3) is 1.00. The average molecular weight is 60.1 g/mol. The number of hydrogen-bond acceptors (Lipinski definition) is 1. The van der Waals surface area contributed by atoms with Gasteiger partial charge in [0.05, 0.1) is 0 Å². The molecule has 0 spiro atoms. The van der Waals surface area contributed by atoms with E-state index >= 15 is 0 Å². The minimum Gasteiger partial charge on any atom is -0.320 e. The van der Waals surface area contributed by atoms with Gasteiger partial charge in [0, 0.05) is 1.37 Å². The molecule has 0 amide bonds. The molecule has 0 aromatic rings. The lowest BCUT2D eigenvalue weighted by molar-refractivity contribution is 0.864. The second-order valence-electron chi connectivity index (χ2n) is 0.604. The molecular formula is C3H9N. The van der Waals surface area contributed by atoms with Crippen LogP contribution < -0.4 is 5.32 Å². The zero-order valence-corrected chi connectivity index (χ0v) is 2.91. The summed E-state index contributed by atoms with van der Waals surface area (Å²) < 4.78 is 6.49. The quantitative estimate of drug-likeness (QED) is 0.456. The maximum Gasteiger partial charge on any atom is 0.0391 e. The Morgan fingerprint density at radius 2 is 3.00 bits per heavy atom. The summed E-state index contributed by atoms with van der Waals surface area (Å²) in [5.74, 6) is 0. The summed E-state index contributed by atoms with van der Waals surface area (Å²) in [4.78, 5) is 0. The molecule has 0 saturated heterocycles. The molecule has 26 valence electrons. The van der Waals surface area contributed by atoms with E-state index in [4.69, 9.17) is 1.37 Å². The van der Waals surface area contributed by atoms with Gasteiger partial charge in [0.2, 0.25) is 0 Å². The molecule has 1 N–H and O–H groups in total. The third-order valence-electron chi connectivity index (χ3n) is 0.250. The highest BCUT2D eigenvalue weighted by molar-refractivity contribution is 4.15. The van der Waals surface area contributed by atoms with Gasteiger partial charge in [-0.15, -0.1) is 0 Å². The molecule has 0 aliphatic carbocycles. The summed E-state index contributed by atoms with van der Waals surface area (Å²) in [6.07, 6.45) is 0. The van der Waals surface area contributed by atoms with Gasteiger partial charge in [-0.2, -0.15) is 0 Å². The first-order valence-electron chi connectivity index (χ1n) is 2.12. The maximum absolute atomic E-state index is 6.49. The molecule has 0 bridgehead atoms. The third kappa shape index (κ3) is 1.96. The summed E-state index contributed by atoms with van der Waals surface area (Å²) in [6.45, 7) is 2.89. The number of rotatable bonds is 1. The van der Waals surface area contributed by atoms with Gasteiger partial charge in [-0.1, -0.05) is 6.92 Å². The standard InChI is InChI=1S/C3H9N/c1-3-4-2/h4H,3H2,1-2H3/i2D. The summed E-state index contributed by atoms with van der Waals surface area (Å²) in [5, 5.41) is 2.78. The Morgan fingerprint density at radius 3 is 3.00 bits per heavy atom. The van der Waals surface area contributed by atoms with E-state index in [9.17, 15) is 0 Å². The van der Waals surface area contributed by atoms with Crippen LogP contribution in [0.3, 0.4) is 0 Å². The lowest BCUT2D eigenvalue weighted by Crippen LogP contribution is -2.01. The van der Waals surface area contributed by atoms with Gasteiger partial charge in [-0.3, -0.25) is 0 Å². The van der Waals surface area contributed by atoms with Crippen molar-refractivity contribution in [3.8, 4) is 0 Å². The summed E-state index contributed by atoms with van der Waals surface area (Å²) in [7, 11) is 0.344. The van der Waals surface area contributed by atoms with E-state index in [-0.39, 0.29) is 0 Å². The SMILES string of the molecule is [2H]CNCC. The first-order valence-corrected chi connectivity index (χ1v) is 1.41. The van der Waals surface area contributed by atoms with Crippen LogP contribution in [0.5, 0.6) is 0 Å². The molecular weight excluding hydrogens is 50.0 g/mol. The van der Waals surface area contributed by atoms with Gasteiger partial charge < -0.3 is 5.32 Å². The predicted octanol–water partition coefficient (Wildman–Crippen LogP) is 0.226. The van der Waals surface area contributed by atoms with Crippen molar-refractivity contribution in [2.75, 3.05) is 13.6 Å². The van der Waals surface area contributed by atoms with Crippen LogP contribution in [0.25, 0.3) is 0 Å². The highest BCUT2D eigenvalue weighted by Gasteiger charge is 1.50. The van der Waals surface area contributed by atoms with Crippen molar-refractivity contribution in [2.45, 2.75) is 6.92 Å². The van der Waals surface area contributed by atoms with Crippen LogP contribution in [0, 0.1) is 0 Å². The zero-order chi connectivity index (χ0) is 4.12. The Hall–Kier alpha value is -0.0400. The molecule has 1 nitrogen and oxygen atoms in total. The van der Waals surface area contributed by atoms with Crippen molar-refractivity contribution in [3.05, 3.63) is 0 Å².